The van der Waals surface area contributed by atoms with Crippen LogP contribution in [0.4, 0.5) is 10.1 Å². The van der Waals surface area contributed by atoms with E-state index < -0.39 is 0 Å². The summed E-state index contributed by atoms with van der Waals surface area (Å²) in [6, 6.07) is 4.87. The van der Waals surface area contributed by atoms with Gasteiger partial charge in [-0.25, -0.2) is 4.39 Å². The zero-order valence-corrected chi connectivity index (χ0v) is 13.0. The van der Waals surface area contributed by atoms with E-state index in [4.69, 9.17) is 0 Å². The van der Waals surface area contributed by atoms with E-state index >= 15 is 0 Å². The molecule has 0 bridgehead atoms. The summed E-state index contributed by atoms with van der Waals surface area (Å²) in [5.41, 5.74) is 1.91. The lowest BCUT2D eigenvalue weighted by atomic mass is 10.1. The molecule has 1 heterocycles. The topological polar surface area (TPSA) is 44.4 Å². The first-order valence-corrected chi connectivity index (χ1v) is 7.40. The second-order valence-electron chi connectivity index (χ2n) is 6.46. The van der Waals surface area contributed by atoms with Gasteiger partial charge in [-0.05, 0) is 44.5 Å². The number of nitrogens with zero attached hydrogens (tertiary/aromatic N) is 1. The Balaban J connectivity index is 2.19. The fourth-order valence-corrected chi connectivity index (χ4v) is 2.37. The van der Waals surface area contributed by atoms with E-state index in [9.17, 15) is 9.18 Å². The first-order chi connectivity index (χ1) is 9.85. The quantitative estimate of drug-likeness (QED) is 0.896. The summed E-state index contributed by atoms with van der Waals surface area (Å²) in [6.45, 7) is 8.90. The van der Waals surface area contributed by atoms with Gasteiger partial charge < -0.3 is 15.5 Å². The molecule has 2 N–H and O–H groups in total. The Morgan fingerprint density at radius 1 is 1.33 bits per heavy atom. The Bertz CT molecular complexity index is 511. The fraction of sp³-hybridized carbons (Fsp3) is 0.562. The van der Waals surface area contributed by atoms with Gasteiger partial charge in [0.15, 0.2) is 0 Å². The number of benzene rings is 1. The molecule has 0 aromatic heterocycles. The van der Waals surface area contributed by atoms with E-state index in [2.05, 4.69) is 36.3 Å². The molecule has 4 nitrogen and oxygen atoms in total. The van der Waals surface area contributed by atoms with Crippen LogP contribution in [-0.2, 0) is 11.3 Å². The normalized spacial score (nSPS) is 16.6. The number of carbonyl (C=O) groups excluding carboxylic acids is 1. The van der Waals surface area contributed by atoms with Gasteiger partial charge in [-0.15, -0.1) is 0 Å². The Morgan fingerprint density at radius 2 is 2.10 bits per heavy atom. The number of hydrogen-bond donors (Lipinski definition) is 2. The molecule has 5 heteroatoms. The van der Waals surface area contributed by atoms with Gasteiger partial charge in [-0.2, -0.15) is 0 Å². The lowest BCUT2D eigenvalue weighted by molar-refractivity contribution is -0.120. The van der Waals surface area contributed by atoms with Crippen molar-refractivity contribution in [1.82, 2.24) is 10.6 Å². The Hall–Kier alpha value is -1.62. The Labute approximate surface area is 125 Å². The summed E-state index contributed by atoms with van der Waals surface area (Å²) in [4.78, 5) is 13.6. The number of nitrogens with one attached hydrogen (secondary N) is 2. The highest BCUT2D eigenvalue weighted by molar-refractivity contribution is 5.77. The molecular weight excluding hydrogens is 269 g/mol. The molecule has 0 saturated carbocycles. The van der Waals surface area contributed by atoms with Crippen LogP contribution < -0.4 is 15.5 Å². The third kappa shape index (κ3) is 4.70. The molecule has 1 amide bonds. The molecule has 1 saturated heterocycles. The number of anilines is 1. The first-order valence-electron chi connectivity index (χ1n) is 7.40. The van der Waals surface area contributed by atoms with Crippen molar-refractivity contribution in [2.45, 2.75) is 39.3 Å². The van der Waals surface area contributed by atoms with E-state index in [0.717, 1.165) is 17.8 Å². The summed E-state index contributed by atoms with van der Waals surface area (Å²) in [5.74, 6) is -0.150. The van der Waals surface area contributed by atoms with Crippen LogP contribution in [-0.4, -0.2) is 31.1 Å². The molecular formula is C16H24FN3O. The number of halogens is 1. The van der Waals surface area contributed by atoms with Crippen molar-refractivity contribution in [3.8, 4) is 0 Å². The minimum Gasteiger partial charge on any atom is -0.369 e. The zero-order chi connectivity index (χ0) is 15.5. The fourth-order valence-electron chi connectivity index (χ4n) is 2.37. The molecule has 2 rings (SSSR count). The summed E-state index contributed by atoms with van der Waals surface area (Å²) < 4.78 is 13.6. The third-order valence-corrected chi connectivity index (χ3v) is 3.50. The molecule has 1 fully saturated rings. The second kappa shape index (κ2) is 6.43. The van der Waals surface area contributed by atoms with Gasteiger partial charge in [-0.1, -0.05) is 0 Å². The van der Waals surface area contributed by atoms with Crippen LogP contribution >= 0.6 is 0 Å². The van der Waals surface area contributed by atoms with Crippen LogP contribution in [0.1, 0.15) is 32.8 Å². The number of amides is 1. The molecule has 0 radical (unpaired) electrons. The van der Waals surface area contributed by atoms with E-state index in [1.54, 1.807) is 6.07 Å². The van der Waals surface area contributed by atoms with E-state index in [-0.39, 0.29) is 17.3 Å². The van der Waals surface area contributed by atoms with Crippen molar-refractivity contribution in [3.63, 3.8) is 0 Å². The lowest BCUT2D eigenvalue weighted by Crippen LogP contribution is -2.36. The van der Waals surface area contributed by atoms with Crippen molar-refractivity contribution in [2.24, 2.45) is 0 Å². The highest BCUT2D eigenvalue weighted by atomic mass is 19.1. The van der Waals surface area contributed by atoms with Crippen molar-refractivity contribution >= 4 is 11.6 Å². The Kier molecular flexibility index (Phi) is 4.83. The van der Waals surface area contributed by atoms with E-state index in [1.807, 2.05) is 6.07 Å². The van der Waals surface area contributed by atoms with Crippen molar-refractivity contribution in [1.29, 1.82) is 0 Å². The first kappa shape index (κ1) is 15.8. The third-order valence-electron chi connectivity index (χ3n) is 3.50. The molecule has 0 unspecified atom stereocenters. The molecule has 21 heavy (non-hydrogen) atoms. The van der Waals surface area contributed by atoms with Crippen LogP contribution in [0.2, 0.25) is 0 Å². The van der Waals surface area contributed by atoms with E-state index in [0.29, 0.717) is 26.1 Å². The van der Waals surface area contributed by atoms with Crippen molar-refractivity contribution in [2.75, 3.05) is 24.5 Å². The summed E-state index contributed by atoms with van der Waals surface area (Å²) in [5, 5.41) is 6.25. The molecule has 1 aromatic carbocycles. The second-order valence-corrected chi connectivity index (χ2v) is 6.46. The van der Waals surface area contributed by atoms with E-state index in [1.165, 1.54) is 6.07 Å². The van der Waals surface area contributed by atoms with Gasteiger partial charge in [0.05, 0.1) is 0 Å². The van der Waals surface area contributed by atoms with Gasteiger partial charge in [-0.3, -0.25) is 4.79 Å². The van der Waals surface area contributed by atoms with Crippen LogP contribution in [0.15, 0.2) is 18.2 Å². The van der Waals surface area contributed by atoms with Crippen molar-refractivity contribution in [3.05, 3.63) is 29.6 Å². The molecule has 0 spiro atoms. The number of hydrogen-bond acceptors (Lipinski definition) is 3. The largest absolute Gasteiger partial charge is 0.369 e. The van der Waals surface area contributed by atoms with Gasteiger partial charge in [0, 0.05) is 43.8 Å². The highest BCUT2D eigenvalue weighted by Gasteiger charge is 2.18. The summed E-state index contributed by atoms with van der Waals surface area (Å²) in [6.07, 6.45) is 0.476. The molecule has 116 valence electrons. The molecule has 1 aliphatic rings. The minimum absolute atomic E-state index is 0.0279. The highest BCUT2D eigenvalue weighted by Crippen LogP contribution is 2.23. The smallest absolute Gasteiger partial charge is 0.221 e. The average molecular weight is 293 g/mol. The van der Waals surface area contributed by atoms with Gasteiger partial charge in [0.1, 0.15) is 5.82 Å². The predicted molar refractivity (Wildman–Crippen MR) is 82.8 cm³/mol. The molecule has 0 atom stereocenters. The zero-order valence-electron chi connectivity index (χ0n) is 13.0. The molecule has 1 aliphatic heterocycles. The van der Waals surface area contributed by atoms with Crippen LogP contribution in [0.5, 0.6) is 0 Å². The SMILES string of the molecule is CC(C)(C)NCc1cc(F)ccc1N1CCNC(=O)CC1. The van der Waals surface area contributed by atoms with Gasteiger partial charge >= 0.3 is 0 Å². The Morgan fingerprint density at radius 3 is 2.81 bits per heavy atom. The van der Waals surface area contributed by atoms with Crippen LogP contribution in [0.3, 0.4) is 0 Å². The molecule has 0 aliphatic carbocycles. The number of carbonyl (C=O) groups is 1. The number of rotatable bonds is 3. The monoisotopic (exact) mass is 293 g/mol. The summed E-state index contributed by atoms with van der Waals surface area (Å²) >= 11 is 0. The van der Waals surface area contributed by atoms with Crippen LogP contribution in [0.25, 0.3) is 0 Å². The maximum atomic E-state index is 13.6. The maximum Gasteiger partial charge on any atom is 0.221 e. The molecule has 1 aromatic rings. The predicted octanol–water partition coefficient (Wildman–Crippen LogP) is 2.04. The van der Waals surface area contributed by atoms with Gasteiger partial charge in [0.2, 0.25) is 5.91 Å². The minimum atomic E-state index is -0.228. The van der Waals surface area contributed by atoms with Crippen molar-refractivity contribution < 1.29 is 9.18 Å². The standard InChI is InChI=1S/C16H24FN3O/c1-16(2,3)19-11-12-10-13(17)4-5-14(12)20-8-6-15(21)18-7-9-20/h4-5,10,19H,6-9,11H2,1-3H3,(H,18,21). The summed E-state index contributed by atoms with van der Waals surface area (Å²) in [7, 11) is 0. The maximum absolute atomic E-state index is 13.6. The average Bonchev–Trinajstić information content (AvgIpc) is 2.61. The van der Waals surface area contributed by atoms with Gasteiger partial charge in [0.25, 0.3) is 0 Å². The lowest BCUT2D eigenvalue weighted by Gasteiger charge is -2.27. The van der Waals surface area contributed by atoms with Crippen LogP contribution in [0, 0.1) is 5.82 Å².